The van der Waals surface area contributed by atoms with Gasteiger partial charge in [0.15, 0.2) is 0 Å². The van der Waals surface area contributed by atoms with Crippen molar-refractivity contribution in [2.45, 2.75) is 13.0 Å². The van der Waals surface area contributed by atoms with Crippen LogP contribution in [-0.4, -0.2) is 38.5 Å². The standard InChI is InChI=1S/C11H18O4/c1-4-10(9-15-11(12)5-2)14-8-7-13-6-3/h4-5,10H,1-2,6-9H2,3H3. The van der Waals surface area contributed by atoms with Crippen molar-refractivity contribution in [2.24, 2.45) is 0 Å². The van der Waals surface area contributed by atoms with Gasteiger partial charge in [-0.15, -0.1) is 6.58 Å². The number of carbonyl (C=O) groups is 1. The summed E-state index contributed by atoms with van der Waals surface area (Å²) in [5, 5.41) is 0. The van der Waals surface area contributed by atoms with Gasteiger partial charge in [-0.3, -0.25) is 0 Å². The molecular formula is C11H18O4. The van der Waals surface area contributed by atoms with Crippen molar-refractivity contribution < 1.29 is 19.0 Å². The maximum absolute atomic E-state index is 10.8. The first-order valence-corrected chi connectivity index (χ1v) is 4.85. The van der Waals surface area contributed by atoms with Crippen LogP contribution in [0.15, 0.2) is 25.3 Å². The van der Waals surface area contributed by atoms with Gasteiger partial charge in [0.25, 0.3) is 0 Å². The van der Waals surface area contributed by atoms with Crippen molar-refractivity contribution in [3.8, 4) is 0 Å². The summed E-state index contributed by atoms with van der Waals surface area (Å²) in [6, 6.07) is 0. The molecule has 0 aliphatic carbocycles. The van der Waals surface area contributed by atoms with E-state index in [-0.39, 0.29) is 12.7 Å². The highest BCUT2D eigenvalue weighted by molar-refractivity contribution is 5.81. The molecule has 0 bridgehead atoms. The van der Waals surface area contributed by atoms with E-state index < -0.39 is 5.97 Å². The Kier molecular flexibility index (Phi) is 8.72. The van der Waals surface area contributed by atoms with E-state index in [9.17, 15) is 4.79 Å². The molecule has 86 valence electrons. The summed E-state index contributed by atoms with van der Waals surface area (Å²) >= 11 is 0. The van der Waals surface area contributed by atoms with Crippen LogP contribution in [0.1, 0.15) is 6.92 Å². The molecule has 0 spiro atoms. The lowest BCUT2D eigenvalue weighted by Crippen LogP contribution is -2.21. The van der Waals surface area contributed by atoms with Crippen LogP contribution in [0.3, 0.4) is 0 Å². The van der Waals surface area contributed by atoms with Gasteiger partial charge in [0, 0.05) is 12.7 Å². The molecule has 4 heteroatoms. The summed E-state index contributed by atoms with van der Waals surface area (Å²) in [5.41, 5.74) is 0. The second kappa shape index (κ2) is 9.43. The third-order valence-corrected chi connectivity index (χ3v) is 1.58. The largest absolute Gasteiger partial charge is 0.459 e. The highest BCUT2D eigenvalue weighted by Crippen LogP contribution is 1.95. The molecule has 0 rings (SSSR count). The average Bonchev–Trinajstić information content (AvgIpc) is 2.27. The summed E-state index contributed by atoms with van der Waals surface area (Å²) in [6.45, 7) is 10.6. The number of hydrogen-bond acceptors (Lipinski definition) is 4. The lowest BCUT2D eigenvalue weighted by atomic mass is 10.4. The van der Waals surface area contributed by atoms with Crippen molar-refractivity contribution >= 4 is 5.97 Å². The molecule has 0 N–H and O–H groups in total. The first-order chi connectivity index (χ1) is 7.24. The predicted octanol–water partition coefficient (Wildman–Crippen LogP) is 1.32. The molecule has 0 saturated heterocycles. The molecular weight excluding hydrogens is 196 g/mol. The van der Waals surface area contributed by atoms with E-state index in [0.717, 1.165) is 6.08 Å². The Bertz CT molecular complexity index is 201. The molecule has 0 radical (unpaired) electrons. The normalized spacial score (nSPS) is 11.8. The van der Waals surface area contributed by atoms with Crippen LogP contribution >= 0.6 is 0 Å². The number of carbonyl (C=O) groups excluding carboxylic acids is 1. The smallest absolute Gasteiger partial charge is 0.330 e. The Hall–Kier alpha value is -1.13. The zero-order valence-corrected chi connectivity index (χ0v) is 9.11. The number of esters is 1. The van der Waals surface area contributed by atoms with E-state index in [2.05, 4.69) is 13.2 Å². The molecule has 0 aromatic carbocycles. The van der Waals surface area contributed by atoms with Gasteiger partial charge in [-0.2, -0.15) is 0 Å². The van der Waals surface area contributed by atoms with E-state index in [1.807, 2.05) is 6.92 Å². The molecule has 0 aromatic heterocycles. The molecule has 0 heterocycles. The monoisotopic (exact) mass is 214 g/mol. The van der Waals surface area contributed by atoms with Gasteiger partial charge in [-0.05, 0) is 6.92 Å². The molecule has 1 atom stereocenters. The summed E-state index contributed by atoms with van der Waals surface area (Å²) in [5.74, 6) is -0.463. The quantitative estimate of drug-likeness (QED) is 0.251. The Morgan fingerprint density at radius 1 is 1.40 bits per heavy atom. The Balaban J connectivity index is 3.59. The average molecular weight is 214 g/mol. The van der Waals surface area contributed by atoms with Crippen LogP contribution < -0.4 is 0 Å². The van der Waals surface area contributed by atoms with Gasteiger partial charge >= 0.3 is 5.97 Å². The van der Waals surface area contributed by atoms with Crippen molar-refractivity contribution in [3.05, 3.63) is 25.3 Å². The maximum Gasteiger partial charge on any atom is 0.330 e. The van der Waals surface area contributed by atoms with Crippen molar-refractivity contribution in [1.82, 2.24) is 0 Å². The highest BCUT2D eigenvalue weighted by atomic mass is 16.6. The lowest BCUT2D eigenvalue weighted by molar-refractivity contribution is -0.141. The van der Waals surface area contributed by atoms with Crippen LogP contribution in [0.2, 0.25) is 0 Å². The van der Waals surface area contributed by atoms with E-state index in [4.69, 9.17) is 14.2 Å². The Labute approximate surface area is 90.5 Å². The maximum atomic E-state index is 10.8. The minimum Gasteiger partial charge on any atom is -0.459 e. The van der Waals surface area contributed by atoms with Crippen molar-refractivity contribution in [3.63, 3.8) is 0 Å². The van der Waals surface area contributed by atoms with Gasteiger partial charge in [0.1, 0.15) is 12.7 Å². The molecule has 0 fully saturated rings. The third-order valence-electron chi connectivity index (χ3n) is 1.58. The van der Waals surface area contributed by atoms with Crippen LogP contribution in [-0.2, 0) is 19.0 Å². The molecule has 1 unspecified atom stereocenters. The number of hydrogen-bond donors (Lipinski definition) is 0. The fourth-order valence-electron chi connectivity index (χ4n) is 0.810. The van der Waals surface area contributed by atoms with Crippen LogP contribution in [0.25, 0.3) is 0 Å². The zero-order chi connectivity index (χ0) is 11.5. The fraction of sp³-hybridized carbons (Fsp3) is 0.545. The van der Waals surface area contributed by atoms with E-state index in [0.29, 0.717) is 19.8 Å². The second-order valence-corrected chi connectivity index (χ2v) is 2.68. The van der Waals surface area contributed by atoms with Gasteiger partial charge in [-0.1, -0.05) is 12.7 Å². The second-order valence-electron chi connectivity index (χ2n) is 2.68. The van der Waals surface area contributed by atoms with Crippen molar-refractivity contribution in [1.29, 1.82) is 0 Å². The summed E-state index contributed by atoms with van der Waals surface area (Å²) in [4.78, 5) is 10.8. The fourth-order valence-corrected chi connectivity index (χ4v) is 0.810. The molecule has 15 heavy (non-hydrogen) atoms. The van der Waals surface area contributed by atoms with Crippen LogP contribution in [0, 0.1) is 0 Å². The zero-order valence-electron chi connectivity index (χ0n) is 9.11. The lowest BCUT2D eigenvalue weighted by Gasteiger charge is -2.13. The summed E-state index contributed by atoms with van der Waals surface area (Å²) in [6.07, 6.45) is 2.40. The predicted molar refractivity (Wildman–Crippen MR) is 57.6 cm³/mol. The first kappa shape index (κ1) is 13.9. The van der Waals surface area contributed by atoms with Crippen LogP contribution in [0.5, 0.6) is 0 Å². The molecule has 0 aliphatic rings. The van der Waals surface area contributed by atoms with E-state index in [1.165, 1.54) is 0 Å². The molecule has 0 saturated carbocycles. The van der Waals surface area contributed by atoms with Gasteiger partial charge in [0.05, 0.1) is 13.2 Å². The van der Waals surface area contributed by atoms with Gasteiger partial charge in [-0.25, -0.2) is 4.79 Å². The SMILES string of the molecule is C=CC(=O)OCC(C=C)OCCOCC. The third kappa shape index (κ3) is 7.90. The number of ether oxygens (including phenoxy) is 3. The minimum atomic E-state index is -0.463. The van der Waals surface area contributed by atoms with Crippen molar-refractivity contribution in [2.75, 3.05) is 26.4 Å². The van der Waals surface area contributed by atoms with E-state index >= 15 is 0 Å². The molecule has 0 aromatic rings. The van der Waals surface area contributed by atoms with Crippen LogP contribution in [0.4, 0.5) is 0 Å². The Morgan fingerprint density at radius 3 is 2.67 bits per heavy atom. The summed E-state index contributed by atoms with van der Waals surface area (Å²) < 4.78 is 15.2. The molecule has 0 amide bonds. The first-order valence-electron chi connectivity index (χ1n) is 4.85. The topological polar surface area (TPSA) is 44.8 Å². The van der Waals surface area contributed by atoms with Gasteiger partial charge < -0.3 is 14.2 Å². The highest BCUT2D eigenvalue weighted by Gasteiger charge is 2.06. The number of rotatable bonds is 9. The van der Waals surface area contributed by atoms with E-state index in [1.54, 1.807) is 6.08 Å². The van der Waals surface area contributed by atoms with Gasteiger partial charge in [0.2, 0.25) is 0 Å². The summed E-state index contributed by atoms with van der Waals surface area (Å²) in [7, 11) is 0. The molecule has 4 nitrogen and oxygen atoms in total. The Morgan fingerprint density at radius 2 is 2.13 bits per heavy atom. The molecule has 0 aliphatic heterocycles. The minimum absolute atomic E-state index is 0.153.